The maximum Gasteiger partial charge on any atom is 0.310 e. The largest absolute Gasteiger partial charge is 0.330 e. The van der Waals surface area contributed by atoms with Crippen LogP contribution in [0.5, 0.6) is 0 Å². The van der Waals surface area contributed by atoms with E-state index in [0.717, 1.165) is 25.0 Å². The third-order valence-electron chi connectivity index (χ3n) is 3.09. The van der Waals surface area contributed by atoms with Crippen molar-refractivity contribution in [3.63, 3.8) is 0 Å². The maximum atomic E-state index is 10.8. The number of hydrogen-bond acceptors (Lipinski definition) is 4. The predicted octanol–water partition coefficient (Wildman–Crippen LogP) is 0.709. The third-order valence-corrected chi connectivity index (χ3v) is 3.09. The number of rotatable bonds is 4. The van der Waals surface area contributed by atoms with Crippen molar-refractivity contribution in [3.05, 3.63) is 22.0 Å². The fourth-order valence-electron chi connectivity index (χ4n) is 2.21. The highest BCUT2D eigenvalue weighted by atomic mass is 16.6. The molecule has 82 valence electrons. The molecule has 15 heavy (non-hydrogen) atoms. The van der Waals surface area contributed by atoms with E-state index >= 15 is 0 Å². The Bertz CT molecular complexity index is 395. The van der Waals surface area contributed by atoms with Gasteiger partial charge < -0.3 is 5.73 Å². The van der Waals surface area contributed by atoms with Crippen molar-refractivity contribution in [1.82, 2.24) is 9.78 Å². The van der Waals surface area contributed by atoms with Crippen LogP contribution in [0.15, 0.2) is 6.20 Å². The summed E-state index contributed by atoms with van der Waals surface area (Å²) in [6.45, 7) is 0.558. The topological polar surface area (TPSA) is 87.0 Å². The standard InChI is InChI=1S/C9H14N4O2/c1-12-8(7(6-11-12)13(14)15)9(2-3-9)4-5-10/h6H,2-5,10H2,1H3. The Morgan fingerprint density at radius 3 is 2.87 bits per heavy atom. The van der Waals surface area contributed by atoms with Gasteiger partial charge >= 0.3 is 5.69 Å². The SMILES string of the molecule is Cn1ncc([N+](=O)[O-])c1C1(CCN)CC1. The van der Waals surface area contributed by atoms with Gasteiger partial charge in [-0.15, -0.1) is 0 Å². The van der Waals surface area contributed by atoms with Crippen molar-refractivity contribution in [3.8, 4) is 0 Å². The average molecular weight is 210 g/mol. The van der Waals surface area contributed by atoms with E-state index < -0.39 is 0 Å². The second-order valence-electron chi connectivity index (χ2n) is 4.08. The quantitative estimate of drug-likeness (QED) is 0.585. The van der Waals surface area contributed by atoms with Crippen LogP contribution in [-0.4, -0.2) is 21.2 Å². The normalized spacial score (nSPS) is 17.7. The van der Waals surface area contributed by atoms with Gasteiger partial charge in [-0.2, -0.15) is 5.10 Å². The van der Waals surface area contributed by atoms with Gasteiger partial charge in [0, 0.05) is 12.5 Å². The number of hydrogen-bond donors (Lipinski definition) is 1. The lowest BCUT2D eigenvalue weighted by Crippen LogP contribution is -2.18. The van der Waals surface area contributed by atoms with Crippen LogP contribution < -0.4 is 5.73 Å². The molecule has 1 aromatic rings. The summed E-state index contributed by atoms with van der Waals surface area (Å²) in [4.78, 5) is 10.5. The molecule has 2 rings (SSSR count). The fraction of sp³-hybridized carbons (Fsp3) is 0.667. The maximum absolute atomic E-state index is 10.8. The molecule has 0 bridgehead atoms. The van der Waals surface area contributed by atoms with Gasteiger partial charge in [0.1, 0.15) is 11.9 Å². The Morgan fingerprint density at radius 1 is 1.73 bits per heavy atom. The number of nitro groups is 1. The molecule has 1 aromatic heterocycles. The first-order chi connectivity index (χ1) is 7.10. The van der Waals surface area contributed by atoms with Gasteiger partial charge in [-0.3, -0.25) is 14.8 Å². The highest BCUT2D eigenvalue weighted by Gasteiger charge is 2.49. The Labute approximate surface area is 87.2 Å². The van der Waals surface area contributed by atoms with Crippen LogP contribution in [-0.2, 0) is 12.5 Å². The van der Waals surface area contributed by atoms with E-state index in [-0.39, 0.29) is 16.0 Å². The van der Waals surface area contributed by atoms with Gasteiger partial charge in [0.15, 0.2) is 0 Å². The molecule has 0 atom stereocenters. The Morgan fingerprint density at radius 2 is 2.40 bits per heavy atom. The van der Waals surface area contributed by atoms with Crippen LogP contribution in [0.1, 0.15) is 25.0 Å². The molecule has 1 aliphatic rings. The molecule has 1 heterocycles. The summed E-state index contributed by atoms with van der Waals surface area (Å²) in [5.74, 6) is 0. The van der Waals surface area contributed by atoms with Crippen LogP contribution in [0, 0.1) is 10.1 Å². The van der Waals surface area contributed by atoms with E-state index in [2.05, 4.69) is 5.10 Å². The average Bonchev–Trinajstić information content (AvgIpc) is 2.82. The molecule has 0 aliphatic heterocycles. The molecule has 6 heteroatoms. The predicted molar refractivity (Wildman–Crippen MR) is 54.4 cm³/mol. The molecule has 6 nitrogen and oxygen atoms in total. The zero-order valence-corrected chi connectivity index (χ0v) is 8.64. The van der Waals surface area contributed by atoms with E-state index in [1.807, 2.05) is 0 Å². The summed E-state index contributed by atoms with van der Waals surface area (Å²) < 4.78 is 1.61. The van der Waals surface area contributed by atoms with Gasteiger partial charge in [0.25, 0.3) is 0 Å². The number of aryl methyl sites for hydroxylation is 1. The summed E-state index contributed by atoms with van der Waals surface area (Å²) in [6.07, 6.45) is 4.08. The lowest BCUT2D eigenvalue weighted by Gasteiger charge is -2.13. The molecule has 1 aliphatic carbocycles. The highest BCUT2D eigenvalue weighted by Crippen LogP contribution is 2.53. The van der Waals surface area contributed by atoms with Crippen LogP contribution in [0.4, 0.5) is 5.69 Å². The first-order valence-electron chi connectivity index (χ1n) is 4.98. The number of nitrogens with zero attached hydrogens (tertiary/aromatic N) is 3. The second kappa shape index (κ2) is 3.30. The molecule has 0 spiro atoms. The Kier molecular flexibility index (Phi) is 2.22. The fourth-order valence-corrected chi connectivity index (χ4v) is 2.21. The van der Waals surface area contributed by atoms with Crippen molar-refractivity contribution in [1.29, 1.82) is 0 Å². The lowest BCUT2D eigenvalue weighted by molar-refractivity contribution is -0.386. The van der Waals surface area contributed by atoms with Gasteiger partial charge in [0.05, 0.1) is 4.92 Å². The minimum absolute atomic E-state index is 0.0809. The summed E-state index contributed by atoms with van der Waals surface area (Å²) in [7, 11) is 1.75. The zero-order chi connectivity index (χ0) is 11.1. The molecule has 0 aromatic carbocycles. The second-order valence-corrected chi connectivity index (χ2v) is 4.08. The van der Waals surface area contributed by atoms with Crippen molar-refractivity contribution in [2.45, 2.75) is 24.7 Å². The summed E-state index contributed by atoms with van der Waals surface area (Å²) in [6, 6.07) is 0. The Balaban J connectivity index is 2.42. The van der Waals surface area contributed by atoms with Crippen molar-refractivity contribution >= 4 is 5.69 Å². The van der Waals surface area contributed by atoms with Crippen LogP contribution in [0.3, 0.4) is 0 Å². The summed E-state index contributed by atoms with van der Waals surface area (Å²) in [5, 5.41) is 14.8. The molecule has 2 N–H and O–H groups in total. The molecule has 0 amide bonds. The molecule has 0 saturated heterocycles. The number of nitrogens with two attached hydrogens (primary N) is 1. The van der Waals surface area contributed by atoms with E-state index in [9.17, 15) is 10.1 Å². The van der Waals surface area contributed by atoms with Crippen LogP contribution >= 0.6 is 0 Å². The molecular weight excluding hydrogens is 196 g/mol. The van der Waals surface area contributed by atoms with Crippen molar-refractivity contribution in [2.24, 2.45) is 12.8 Å². The van der Waals surface area contributed by atoms with Gasteiger partial charge in [-0.1, -0.05) is 0 Å². The molecule has 0 radical (unpaired) electrons. The van der Waals surface area contributed by atoms with E-state index in [1.54, 1.807) is 11.7 Å². The molecular formula is C9H14N4O2. The third kappa shape index (κ3) is 1.50. The Hall–Kier alpha value is -1.43. The van der Waals surface area contributed by atoms with Gasteiger partial charge in [-0.25, -0.2) is 0 Å². The smallest absolute Gasteiger partial charge is 0.310 e. The monoisotopic (exact) mass is 210 g/mol. The highest BCUT2D eigenvalue weighted by molar-refractivity contribution is 5.42. The van der Waals surface area contributed by atoms with Crippen LogP contribution in [0.25, 0.3) is 0 Å². The number of aromatic nitrogens is 2. The molecule has 1 fully saturated rings. The van der Waals surface area contributed by atoms with E-state index in [4.69, 9.17) is 5.73 Å². The molecule has 1 saturated carbocycles. The summed E-state index contributed by atoms with van der Waals surface area (Å²) >= 11 is 0. The van der Waals surface area contributed by atoms with Crippen LogP contribution in [0.2, 0.25) is 0 Å². The zero-order valence-electron chi connectivity index (χ0n) is 8.64. The molecule has 0 unspecified atom stereocenters. The minimum Gasteiger partial charge on any atom is -0.330 e. The van der Waals surface area contributed by atoms with E-state index in [1.165, 1.54) is 6.20 Å². The van der Waals surface area contributed by atoms with Gasteiger partial charge in [-0.05, 0) is 25.8 Å². The first-order valence-corrected chi connectivity index (χ1v) is 4.98. The van der Waals surface area contributed by atoms with Gasteiger partial charge in [0.2, 0.25) is 0 Å². The lowest BCUT2D eigenvalue weighted by atomic mass is 9.97. The summed E-state index contributed by atoms with van der Waals surface area (Å²) in [5.41, 5.74) is 6.32. The van der Waals surface area contributed by atoms with Crippen molar-refractivity contribution in [2.75, 3.05) is 6.54 Å². The first kappa shape index (κ1) is 10.1. The van der Waals surface area contributed by atoms with Crippen molar-refractivity contribution < 1.29 is 4.92 Å². The minimum atomic E-state index is -0.362. The van der Waals surface area contributed by atoms with E-state index in [0.29, 0.717) is 6.54 Å².